The van der Waals surface area contributed by atoms with Crippen LogP contribution in [0.25, 0.3) is 11.0 Å². The normalized spacial score (nSPS) is 19.7. The van der Waals surface area contributed by atoms with Crippen molar-refractivity contribution < 1.29 is 8.91 Å². The van der Waals surface area contributed by atoms with E-state index in [1.54, 1.807) is 6.07 Å². The number of piperazine rings is 1. The summed E-state index contributed by atoms with van der Waals surface area (Å²) in [6.07, 6.45) is 1.20. The molecule has 1 atom stereocenters. The third kappa shape index (κ3) is 2.95. The monoisotopic (exact) mass is 373 g/mol. The topological polar surface area (TPSA) is 32.5 Å². The second-order valence-corrected chi connectivity index (χ2v) is 7.03. The zero-order chi connectivity index (χ0) is 16.8. The van der Waals surface area contributed by atoms with Gasteiger partial charge in [0.1, 0.15) is 5.82 Å². The maximum Gasteiger partial charge on any atom is 0.180 e. The van der Waals surface area contributed by atoms with Gasteiger partial charge in [0.15, 0.2) is 11.4 Å². The minimum absolute atomic E-state index is 0. The highest BCUT2D eigenvalue weighted by Crippen LogP contribution is 2.35. The van der Waals surface area contributed by atoms with Crippen LogP contribution in [-0.4, -0.2) is 42.8 Å². The molecule has 0 amide bonds. The van der Waals surface area contributed by atoms with Crippen molar-refractivity contribution in [3.8, 4) is 0 Å². The van der Waals surface area contributed by atoms with E-state index in [0.717, 1.165) is 43.9 Å². The molecule has 6 heteroatoms. The van der Waals surface area contributed by atoms with Crippen LogP contribution in [-0.2, 0) is 6.42 Å². The van der Waals surface area contributed by atoms with E-state index >= 15 is 0 Å². The summed E-state index contributed by atoms with van der Waals surface area (Å²) >= 11 is 0. The zero-order valence-electron chi connectivity index (χ0n) is 14.4. The first-order valence-electron chi connectivity index (χ1n) is 8.88. The van der Waals surface area contributed by atoms with Crippen LogP contribution in [0.2, 0.25) is 0 Å². The molecular formula is C20H21ClFN3O. The maximum atomic E-state index is 13.3. The Bertz CT molecular complexity index is 920. The van der Waals surface area contributed by atoms with Crippen molar-refractivity contribution in [2.24, 2.45) is 0 Å². The summed E-state index contributed by atoms with van der Waals surface area (Å²) in [5.74, 6) is 1.23. The van der Waals surface area contributed by atoms with E-state index in [-0.39, 0.29) is 18.2 Å². The van der Waals surface area contributed by atoms with Crippen molar-refractivity contribution in [2.75, 3.05) is 37.6 Å². The van der Waals surface area contributed by atoms with Gasteiger partial charge in [-0.2, -0.15) is 0 Å². The Balaban J connectivity index is 0.00000168. The van der Waals surface area contributed by atoms with Crippen molar-refractivity contribution in [3.05, 3.63) is 59.4 Å². The summed E-state index contributed by atoms with van der Waals surface area (Å²) in [4.78, 5) is 4.79. The minimum atomic E-state index is -0.291. The lowest BCUT2D eigenvalue weighted by atomic mass is 9.77. The van der Waals surface area contributed by atoms with Gasteiger partial charge >= 0.3 is 0 Å². The summed E-state index contributed by atoms with van der Waals surface area (Å²) in [5, 5.41) is 5.06. The molecule has 1 aliphatic heterocycles. The third-order valence-corrected chi connectivity index (χ3v) is 5.53. The molecular weight excluding hydrogens is 353 g/mol. The van der Waals surface area contributed by atoms with E-state index in [4.69, 9.17) is 4.52 Å². The molecule has 5 rings (SSSR count). The molecule has 3 aromatic rings. The fourth-order valence-electron chi connectivity index (χ4n) is 4.11. The molecule has 2 aliphatic rings. The van der Waals surface area contributed by atoms with Gasteiger partial charge in [-0.05, 0) is 29.7 Å². The summed E-state index contributed by atoms with van der Waals surface area (Å²) < 4.78 is 18.6. The van der Waals surface area contributed by atoms with Crippen LogP contribution >= 0.6 is 12.4 Å². The molecule has 1 fully saturated rings. The Labute approximate surface area is 158 Å². The highest BCUT2D eigenvalue weighted by Gasteiger charge is 2.29. The molecule has 136 valence electrons. The van der Waals surface area contributed by atoms with Crippen molar-refractivity contribution in [3.63, 3.8) is 0 Å². The highest BCUT2D eigenvalue weighted by molar-refractivity contribution is 5.88. The van der Waals surface area contributed by atoms with Gasteiger partial charge in [-0.15, -0.1) is 12.4 Å². The van der Waals surface area contributed by atoms with E-state index in [1.165, 1.54) is 29.7 Å². The summed E-state index contributed by atoms with van der Waals surface area (Å²) in [6, 6.07) is 13.4. The Hall–Kier alpha value is -2.11. The number of hydrogen-bond acceptors (Lipinski definition) is 4. The summed E-state index contributed by atoms with van der Waals surface area (Å²) in [7, 11) is 0. The van der Waals surface area contributed by atoms with Crippen LogP contribution < -0.4 is 4.90 Å². The molecule has 1 aromatic heterocycles. The second kappa shape index (κ2) is 6.89. The lowest BCUT2D eigenvalue weighted by Gasteiger charge is -2.39. The second-order valence-electron chi connectivity index (χ2n) is 7.03. The Kier molecular flexibility index (Phi) is 4.59. The fraction of sp³-hybridized carbons (Fsp3) is 0.350. The van der Waals surface area contributed by atoms with Gasteiger partial charge in [0.25, 0.3) is 0 Å². The van der Waals surface area contributed by atoms with Gasteiger partial charge in [0.05, 0.1) is 5.39 Å². The number of aromatic nitrogens is 1. The van der Waals surface area contributed by atoms with Gasteiger partial charge < -0.3 is 9.42 Å². The molecule has 2 aromatic carbocycles. The average Bonchev–Trinajstić information content (AvgIpc) is 3.03. The quantitative estimate of drug-likeness (QED) is 0.698. The molecule has 0 radical (unpaired) electrons. The molecule has 0 bridgehead atoms. The molecule has 0 spiro atoms. The van der Waals surface area contributed by atoms with E-state index in [1.807, 2.05) is 0 Å². The minimum Gasteiger partial charge on any atom is -0.354 e. The molecule has 26 heavy (non-hydrogen) atoms. The lowest BCUT2D eigenvalue weighted by molar-refractivity contribution is 0.233. The molecule has 1 aliphatic carbocycles. The van der Waals surface area contributed by atoms with E-state index in [2.05, 4.69) is 39.2 Å². The van der Waals surface area contributed by atoms with Crippen molar-refractivity contribution in [1.82, 2.24) is 10.1 Å². The van der Waals surface area contributed by atoms with Crippen LogP contribution in [0.4, 0.5) is 10.2 Å². The molecule has 0 N–H and O–H groups in total. The number of rotatable bonds is 3. The third-order valence-electron chi connectivity index (χ3n) is 5.53. The molecule has 1 unspecified atom stereocenters. The number of benzene rings is 2. The SMILES string of the molecule is Cl.Fc1ccc2c(N3CCN(CC4Cc5ccccc54)CC3)noc2c1. The summed E-state index contributed by atoms with van der Waals surface area (Å²) in [6.45, 7) is 5.03. The Morgan fingerprint density at radius 3 is 2.69 bits per heavy atom. The van der Waals surface area contributed by atoms with Crippen LogP contribution in [0.3, 0.4) is 0 Å². The van der Waals surface area contributed by atoms with Crippen LogP contribution in [0.5, 0.6) is 0 Å². The van der Waals surface area contributed by atoms with Gasteiger partial charge in [-0.3, -0.25) is 4.90 Å². The molecule has 2 heterocycles. The molecule has 0 saturated carbocycles. The summed E-state index contributed by atoms with van der Waals surface area (Å²) in [5.41, 5.74) is 3.55. The van der Waals surface area contributed by atoms with Gasteiger partial charge in [-0.1, -0.05) is 29.4 Å². The number of anilines is 1. The van der Waals surface area contributed by atoms with Crippen LogP contribution in [0, 0.1) is 5.82 Å². The fourth-order valence-corrected chi connectivity index (χ4v) is 4.11. The number of fused-ring (bicyclic) bond motifs is 2. The largest absolute Gasteiger partial charge is 0.354 e. The van der Waals surface area contributed by atoms with Gasteiger partial charge in [0.2, 0.25) is 0 Å². The average molecular weight is 374 g/mol. The molecule has 1 saturated heterocycles. The maximum absolute atomic E-state index is 13.3. The first kappa shape index (κ1) is 17.3. The first-order chi connectivity index (χ1) is 12.3. The zero-order valence-corrected chi connectivity index (χ0v) is 15.2. The smallest absolute Gasteiger partial charge is 0.180 e. The van der Waals surface area contributed by atoms with Crippen LogP contribution in [0.1, 0.15) is 17.0 Å². The highest BCUT2D eigenvalue weighted by atomic mass is 35.5. The number of hydrogen-bond donors (Lipinski definition) is 0. The Morgan fingerprint density at radius 2 is 1.88 bits per heavy atom. The van der Waals surface area contributed by atoms with E-state index in [0.29, 0.717) is 11.5 Å². The predicted octanol–water partition coefficient (Wildman–Crippen LogP) is 3.85. The van der Waals surface area contributed by atoms with Gasteiger partial charge in [-0.25, -0.2) is 4.39 Å². The van der Waals surface area contributed by atoms with Crippen LogP contribution in [0.15, 0.2) is 47.0 Å². The van der Waals surface area contributed by atoms with Gasteiger partial charge in [0, 0.05) is 44.7 Å². The van der Waals surface area contributed by atoms with Crippen molar-refractivity contribution >= 4 is 29.2 Å². The predicted molar refractivity (Wildman–Crippen MR) is 103 cm³/mol. The number of halogens is 2. The van der Waals surface area contributed by atoms with Crippen molar-refractivity contribution in [2.45, 2.75) is 12.3 Å². The molecule has 4 nitrogen and oxygen atoms in total. The van der Waals surface area contributed by atoms with Crippen molar-refractivity contribution in [1.29, 1.82) is 0 Å². The van der Waals surface area contributed by atoms with E-state index < -0.39 is 0 Å². The number of nitrogens with zero attached hydrogens (tertiary/aromatic N) is 3. The standard InChI is InChI=1S/C20H20FN3O.ClH/c21-16-5-6-18-19(12-16)25-22-20(18)24-9-7-23(8-10-24)13-15-11-14-3-1-2-4-17(14)15;/h1-6,12,15H,7-11,13H2;1H. The Morgan fingerprint density at radius 1 is 1.08 bits per heavy atom. The lowest BCUT2D eigenvalue weighted by Crippen LogP contribution is -2.48. The van der Waals surface area contributed by atoms with E-state index in [9.17, 15) is 4.39 Å². The first-order valence-corrected chi connectivity index (χ1v) is 8.88.